The second kappa shape index (κ2) is 14.5. The van der Waals surface area contributed by atoms with Crippen molar-refractivity contribution in [3.05, 3.63) is 212 Å². The van der Waals surface area contributed by atoms with Crippen LogP contribution in [-0.2, 0) is 0 Å². The van der Waals surface area contributed by atoms with Gasteiger partial charge in [0, 0.05) is 36.9 Å². The van der Waals surface area contributed by atoms with E-state index in [4.69, 9.17) is 15.0 Å². The van der Waals surface area contributed by atoms with Crippen LogP contribution >= 0.6 is 11.3 Å². The molecule has 12 aromatic rings. The van der Waals surface area contributed by atoms with Crippen molar-refractivity contribution in [2.75, 3.05) is 0 Å². The van der Waals surface area contributed by atoms with Crippen molar-refractivity contribution in [3.63, 3.8) is 0 Å². The molecule has 0 saturated heterocycles. The zero-order chi connectivity index (χ0) is 40.3. The van der Waals surface area contributed by atoms with Crippen LogP contribution in [0, 0.1) is 0 Å². The van der Waals surface area contributed by atoms with Gasteiger partial charge in [-0.25, -0.2) is 15.0 Å². The molecule has 0 bridgehead atoms. The van der Waals surface area contributed by atoms with Crippen LogP contribution in [-0.4, -0.2) is 15.0 Å². The highest BCUT2D eigenvalue weighted by atomic mass is 32.1. The van der Waals surface area contributed by atoms with Gasteiger partial charge in [-0.3, -0.25) is 0 Å². The topological polar surface area (TPSA) is 38.7 Å². The van der Waals surface area contributed by atoms with Crippen LogP contribution in [0.1, 0.15) is 0 Å². The number of thiophene rings is 1. The molecule has 0 atom stereocenters. The second-order valence-corrected chi connectivity index (χ2v) is 16.7. The molecule has 284 valence electrons. The summed E-state index contributed by atoms with van der Waals surface area (Å²) in [5, 5.41) is 10.0. The van der Waals surface area contributed by atoms with Gasteiger partial charge in [0.25, 0.3) is 0 Å². The van der Waals surface area contributed by atoms with E-state index >= 15 is 0 Å². The van der Waals surface area contributed by atoms with E-state index in [0.29, 0.717) is 17.5 Å². The summed E-state index contributed by atoms with van der Waals surface area (Å²) in [6.45, 7) is 0. The second-order valence-electron chi connectivity index (χ2n) is 15.6. The van der Waals surface area contributed by atoms with Crippen LogP contribution in [0.25, 0.3) is 120 Å². The molecule has 0 radical (unpaired) electrons. The molecule has 10 aromatic carbocycles. The summed E-state index contributed by atoms with van der Waals surface area (Å²) in [6, 6.07) is 75.9. The van der Waals surface area contributed by atoms with Crippen molar-refractivity contribution in [3.8, 4) is 67.5 Å². The predicted molar refractivity (Wildman–Crippen MR) is 258 cm³/mol. The Kier molecular flexibility index (Phi) is 8.36. The lowest BCUT2D eigenvalue weighted by Crippen LogP contribution is -2.00. The summed E-state index contributed by atoms with van der Waals surface area (Å²) in [4.78, 5) is 15.5. The first-order chi connectivity index (χ1) is 30.2. The van der Waals surface area contributed by atoms with Crippen molar-refractivity contribution in [1.29, 1.82) is 0 Å². The number of aromatic nitrogens is 3. The third-order valence-electron chi connectivity index (χ3n) is 11.9. The molecule has 3 nitrogen and oxygen atoms in total. The molecule has 0 aliphatic carbocycles. The minimum Gasteiger partial charge on any atom is -0.208 e. The largest absolute Gasteiger partial charge is 0.208 e. The third kappa shape index (κ3) is 6.24. The van der Waals surface area contributed by atoms with Gasteiger partial charge in [0.05, 0.1) is 0 Å². The highest BCUT2D eigenvalue weighted by Crippen LogP contribution is 2.41. The maximum atomic E-state index is 5.19. The van der Waals surface area contributed by atoms with E-state index in [2.05, 4.69) is 206 Å². The summed E-state index contributed by atoms with van der Waals surface area (Å²) in [5.74, 6) is 1.89. The Morgan fingerprint density at radius 2 is 0.754 bits per heavy atom. The number of benzene rings is 10. The monoisotopic (exact) mass is 793 g/mol. The van der Waals surface area contributed by atoms with Gasteiger partial charge in [0.1, 0.15) is 0 Å². The SMILES string of the molecule is c1ccc(-c2ccc(-c3nc(-c4ccc(-c5c6ccccc6cc6c5ccc5ccccc56)cc4)nc(-c4cccc(-c5ccc6c(c5)sc5ccccc56)c4)n3)cc2)cc1. The molecule has 2 heterocycles. The van der Waals surface area contributed by atoms with E-state index in [1.54, 1.807) is 0 Å². The first-order valence-corrected chi connectivity index (χ1v) is 21.4. The highest BCUT2D eigenvalue weighted by Gasteiger charge is 2.16. The van der Waals surface area contributed by atoms with E-state index in [9.17, 15) is 0 Å². The molecule has 4 heteroatoms. The molecule has 0 amide bonds. The van der Waals surface area contributed by atoms with Crippen molar-refractivity contribution in [2.24, 2.45) is 0 Å². The van der Waals surface area contributed by atoms with Gasteiger partial charge in [0.15, 0.2) is 17.5 Å². The Hall–Kier alpha value is -7.79. The predicted octanol–water partition coefficient (Wildman–Crippen LogP) is 15.7. The molecule has 0 N–H and O–H groups in total. The summed E-state index contributed by atoms with van der Waals surface area (Å²) in [6.07, 6.45) is 0. The zero-order valence-corrected chi connectivity index (χ0v) is 33.8. The molecule has 2 aromatic heterocycles. The number of hydrogen-bond acceptors (Lipinski definition) is 4. The van der Waals surface area contributed by atoms with E-state index in [1.165, 1.54) is 63.6 Å². The van der Waals surface area contributed by atoms with E-state index in [-0.39, 0.29) is 0 Å². The average molecular weight is 794 g/mol. The molecule has 0 spiro atoms. The Balaban J connectivity index is 0.978. The van der Waals surface area contributed by atoms with E-state index < -0.39 is 0 Å². The molecule has 0 unspecified atom stereocenters. The van der Waals surface area contributed by atoms with Gasteiger partial charge in [-0.2, -0.15) is 0 Å². The third-order valence-corrected chi connectivity index (χ3v) is 13.1. The molecule has 0 fully saturated rings. The lowest BCUT2D eigenvalue weighted by atomic mass is 9.89. The number of hydrogen-bond donors (Lipinski definition) is 0. The average Bonchev–Trinajstić information content (AvgIpc) is 3.71. The van der Waals surface area contributed by atoms with Gasteiger partial charge in [-0.1, -0.05) is 188 Å². The van der Waals surface area contributed by atoms with Gasteiger partial charge < -0.3 is 0 Å². The quantitative estimate of drug-likeness (QED) is 0.124. The lowest BCUT2D eigenvalue weighted by Gasteiger charge is -2.14. The van der Waals surface area contributed by atoms with Crippen LogP contribution < -0.4 is 0 Å². The van der Waals surface area contributed by atoms with Crippen molar-refractivity contribution >= 4 is 63.8 Å². The van der Waals surface area contributed by atoms with E-state index in [1.807, 2.05) is 17.4 Å². The first kappa shape index (κ1) is 35.2. The number of fused-ring (bicyclic) bond motifs is 7. The molecule has 12 rings (SSSR count). The van der Waals surface area contributed by atoms with Gasteiger partial charge >= 0.3 is 0 Å². The maximum absolute atomic E-state index is 5.19. The summed E-state index contributed by atoms with van der Waals surface area (Å²) < 4.78 is 2.58. The standard InChI is InChI=1S/C57H35N3S/c1-2-11-36(12-3-1)37-21-25-40(26-22-37)55-58-56(60-57(59-55)45-16-10-15-42(33-45)43-30-31-49-48-19-8-9-20-52(48)61-53(49)35-43)41-27-23-39(24-28-41)54-47-18-7-5-14-44(47)34-51-46-17-6-4-13-38(46)29-32-50(51)54/h1-35H. The van der Waals surface area contributed by atoms with Crippen molar-refractivity contribution in [2.45, 2.75) is 0 Å². The first-order valence-electron chi connectivity index (χ1n) is 20.6. The van der Waals surface area contributed by atoms with Gasteiger partial charge in [0.2, 0.25) is 0 Å². The molecular formula is C57H35N3S. The lowest BCUT2D eigenvalue weighted by molar-refractivity contribution is 1.07. The Bertz CT molecular complexity index is 3630. The maximum Gasteiger partial charge on any atom is 0.164 e. The molecule has 0 aliphatic rings. The highest BCUT2D eigenvalue weighted by molar-refractivity contribution is 7.25. The smallest absolute Gasteiger partial charge is 0.164 e. The summed E-state index contributed by atoms with van der Waals surface area (Å²) >= 11 is 1.84. The molecule has 0 aliphatic heterocycles. The van der Waals surface area contributed by atoms with Gasteiger partial charge in [-0.05, 0) is 90.0 Å². The van der Waals surface area contributed by atoms with Crippen molar-refractivity contribution < 1.29 is 0 Å². The van der Waals surface area contributed by atoms with Crippen LogP contribution in [0.2, 0.25) is 0 Å². The van der Waals surface area contributed by atoms with Crippen LogP contribution in [0.15, 0.2) is 212 Å². The Labute approximate surface area is 356 Å². The minimum atomic E-state index is 0.629. The number of nitrogens with zero attached hydrogens (tertiary/aromatic N) is 3. The Morgan fingerprint density at radius 1 is 0.246 bits per heavy atom. The molecular weight excluding hydrogens is 759 g/mol. The van der Waals surface area contributed by atoms with Crippen LogP contribution in [0.4, 0.5) is 0 Å². The zero-order valence-electron chi connectivity index (χ0n) is 33.0. The Morgan fingerprint density at radius 3 is 1.52 bits per heavy atom. The normalized spacial score (nSPS) is 11.6. The fraction of sp³-hybridized carbons (Fsp3) is 0. The summed E-state index contributed by atoms with van der Waals surface area (Å²) in [7, 11) is 0. The molecule has 61 heavy (non-hydrogen) atoms. The van der Waals surface area contributed by atoms with Gasteiger partial charge in [-0.15, -0.1) is 11.3 Å². The van der Waals surface area contributed by atoms with E-state index in [0.717, 1.165) is 38.9 Å². The fourth-order valence-corrected chi connectivity index (χ4v) is 10.0. The van der Waals surface area contributed by atoms with Crippen LogP contribution in [0.3, 0.4) is 0 Å². The van der Waals surface area contributed by atoms with Crippen LogP contribution in [0.5, 0.6) is 0 Å². The fourth-order valence-electron chi connectivity index (χ4n) is 8.87. The van der Waals surface area contributed by atoms with Crippen molar-refractivity contribution in [1.82, 2.24) is 15.0 Å². The number of rotatable bonds is 6. The minimum absolute atomic E-state index is 0.629. The molecule has 0 saturated carbocycles. The summed E-state index contributed by atoms with van der Waals surface area (Å²) in [5.41, 5.74) is 9.77.